The number of ether oxygens (including phenoxy) is 1. The van der Waals surface area contributed by atoms with Gasteiger partial charge in [0, 0.05) is 18.1 Å². The van der Waals surface area contributed by atoms with Crippen molar-refractivity contribution in [2.45, 2.75) is 44.2 Å². The lowest BCUT2D eigenvalue weighted by Gasteiger charge is -2.38. The Bertz CT molecular complexity index is 283. The average Bonchev–Trinajstić information content (AvgIpc) is 2.32. The average molecular weight is 245 g/mol. The molecule has 0 aromatic carbocycles. The monoisotopic (exact) mass is 245 g/mol. The van der Waals surface area contributed by atoms with Crippen LogP contribution in [0.3, 0.4) is 0 Å². The van der Waals surface area contributed by atoms with Gasteiger partial charge in [0.15, 0.2) is 0 Å². The van der Waals surface area contributed by atoms with Crippen molar-refractivity contribution >= 4 is 0 Å². The van der Waals surface area contributed by atoms with E-state index in [1.807, 2.05) is 0 Å². The zero-order valence-corrected chi connectivity index (χ0v) is 9.81. The Labute approximate surface area is 99.6 Å². The minimum Gasteiger partial charge on any atom is -0.390 e. The normalized spacial score (nSPS) is 37.5. The highest BCUT2D eigenvalue weighted by atomic mass is 16.5. The summed E-state index contributed by atoms with van der Waals surface area (Å²) in [6.07, 6.45) is -2.55. The molecule has 1 saturated carbocycles. The van der Waals surface area contributed by atoms with Gasteiger partial charge in [-0.15, -0.1) is 0 Å². The van der Waals surface area contributed by atoms with E-state index in [1.165, 1.54) is 0 Å². The molecule has 1 aliphatic rings. The SMILES string of the molecule is CC1C[C@@H](OCCCN=[N+]=[N-])C(O)[C@@H](O)[C@@H]1O. The number of azide groups is 1. The van der Waals surface area contributed by atoms with Crippen LogP contribution in [0.15, 0.2) is 5.11 Å². The van der Waals surface area contributed by atoms with E-state index in [2.05, 4.69) is 10.0 Å². The number of hydrogen-bond acceptors (Lipinski definition) is 5. The van der Waals surface area contributed by atoms with Gasteiger partial charge in [0.25, 0.3) is 0 Å². The summed E-state index contributed by atoms with van der Waals surface area (Å²) in [5.41, 5.74) is 8.07. The van der Waals surface area contributed by atoms with Crippen LogP contribution in [-0.2, 0) is 4.74 Å². The van der Waals surface area contributed by atoms with Crippen molar-refractivity contribution in [3.8, 4) is 0 Å². The molecule has 0 radical (unpaired) electrons. The van der Waals surface area contributed by atoms with Gasteiger partial charge < -0.3 is 20.1 Å². The number of nitrogens with zero attached hydrogens (tertiary/aromatic N) is 3. The fraction of sp³-hybridized carbons (Fsp3) is 1.00. The quantitative estimate of drug-likeness (QED) is 0.277. The van der Waals surface area contributed by atoms with E-state index < -0.39 is 24.4 Å². The van der Waals surface area contributed by atoms with Crippen LogP contribution in [0.2, 0.25) is 0 Å². The summed E-state index contributed by atoms with van der Waals surface area (Å²) in [5, 5.41) is 32.2. The molecule has 1 rings (SSSR count). The van der Waals surface area contributed by atoms with Crippen LogP contribution in [0.1, 0.15) is 19.8 Å². The van der Waals surface area contributed by atoms with E-state index in [4.69, 9.17) is 10.3 Å². The largest absolute Gasteiger partial charge is 0.390 e. The van der Waals surface area contributed by atoms with Crippen molar-refractivity contribution in [2.75, 3.05) is 13.2 Å². The molecule has 7 heteroatoms. The van der Waals surface area contributed by atoms with Crippen LogP contribution < -0.4 is 0 Å². The topological polar surface area (TPSA) is 119 Å². The predicted molar refractivity (Wildman–Crippen MR) is 60.2 cm³/mol. The van der Waals surface area contributed by atoms with Gasteiger partial charge in [0.2, 0.25) is 0 Å². The van der Waals surface area contributed by atoms with Crippen molar-refractivity contribution in [1.82, 2.24) is 0 Å². The van der Waals surface area contributed by atoms with Crippen LogP contribution in [-0.4, -0.2) is 52.9 Å². The summed E-state index contributed by atoms with van der Waals surface area (Å²) in [6, 6.07) is 0. The number of hydrogen-bond donors (Lipinski definition) is 3. The van der Waals surface area contributed by atoms with E-state index in [-0.39, 0.29) is 5.92 Å². The Balaban J connectivity index is 2.35. The molecule has 0 aliphatic heterocycles. The Kier molecular flexibility index (Phi) is 5.67. The zero-order valence-electron chi connectivity index (χ0n) is 9.81. The highest BCUT2D eigenvalue weighted by Crippen LogP contribution is 2.27. The van der Waals surface area contributed by atoms with Crippen LogP contribution >= 0.6 is 0 Å². The zero-order chi connectivity index (χ0) is 12.8. The molecule has 1 fully saturated rings. The van der Waals surface area contributed by atoms with Gasteiger partial charge in [-0.2, -0.15) is 0 Å². The first-order chi connectivity index (χ1) is 8.07. The Morgan fingerprint density at radius 1 is 1.29 bits per heavy atom. The molecule has 98 valence electrons. The van der Waals surface area contributed by atoms with E-state index in [1.54, 1.807) is 6.92 Å². The molecule has 5 atom stereocenters. The summed E-state index contributed by atoms with van der Waals surface area (Å²) in [5.74, 6) is -0.115. The van der Waals surface area contributed by atoms with Crippen LogP contribution in [0.4, 0.5) is 0 Å². The van der Waals surface area contributed by atoms with E-state index in [0.29, 0.717) is 26.0 Å². The van der Waals surface area contributed by atoms with Gasteiger partial charge in [-0.3, -0.25) is 0 Å². The van der Waals surface area contributed by atoms with Crippen LogP contribution in [0.5, 0.6) is 0 Å². The summed E-state index contributed by atoms with van der Waals surface area (Å²) in [4.78, 5) is 2.62. The molecule has 17 heavy (non-hydrogen) atoms. The third-order valence-electron chi connectivity index (χ3n) is 3.07. The summed E-state index contributed by atoms with van der Waals surface area (Å²) < 4.78 is 5.43. The van der Waals surface area contributed by atoms with Gasteiger partial charge in [0.05, 0.1) is 12.2 Å². The van der Waals surface area contributed by atoms with Crippen molar-refractivity contribution in [2.24, 2.45) is 11.0 Å². The molecular formula is C10H19N3O4. The highest BCUT2D eigenvalue weighted by molar-refractivity contribution is 4.91. The van der Waals surface area contributed by atoms with E-state index in [9.17, 15) is 15.3 Å². The fourth-order valence-electron chi connectivity index (χ4n) is 1.99. The second-order valence-corrected chi connectivity index (χ2v) is 4.40. The standard InChI is InChI=1S/C10H19N3O4/c1-6-5-7(9(15)10(16)8(6)14)17-4-2-3-12-13-11/h6-10,14-16H,2-5H2,1H3/t6?,7-,8-,9?,10+/m1/s1. The van der Waals surface area contributed by atoms with Crippen molar-refractivity contribution in [1.29, 1.82) is 0 Å². The summed E-state index contributed by atoms with van der Waals surface area (Å²) in [6.45, 7) is 2.51. The number of rotatable bonds is 5. The molecule has 2 unspecified atom stereocenters. The Hall–Kier alpha value is -0.850. The smallest absolute Gasteiger partial charge is 0.109 e. The lowest BCUT2D eigenvalue weighted by Crippen LogP contribution is -2.53. The second-order valence-electron chi connectivity index (χ2n) is 4.40. The van der Waals surface area contributed by atoms with Gasteiger partial charge >= 0.3 is 0 Å². The van der Waals surface area contributed by atoms with E-state index >= 15 is 0 Å². The molecule has 0 amide bonds. The predicted octanol–water partition coefficient (Wildman–Crippen LogP) is 0.195. The van der Waals surface area contributed by atoms with Gasteiger partial charge in [-0.1, -0.05) is 12.0 Å². The number of aliphatic hydroxyl groups is 3. The van der Waals surface area contributed by atoms with Crippen molar-refractivity contribution in [3.05, 3.63) is 10.4 Å². The minimum atomic E-state index is -1.17. The molecule has 0 aromatic rings. The molecule has 1 aliphatic carbocycles. The summed E-state index contributed by atoms with van der Waals surface area (Å²) >= 11 is 0. The summed E-state index contributed by atoms with van der Waals surface area (Å²) in [7, 11) is 0. The van der Waals surface area contributed by atoms with Crippen molar-refractivity contribution < 1.29 is 20.1 Å². The molecule has 0 heterocycles. The second kappa shape index (κ2) is 6.78. The van der Waals surface area contributed by atoms with Gasteiger partial charge in [-0.25, -0.2) is 0 Å². The minimum absolute atomic E-state index is 0.115. The molecule has 0 saturated heterocycles. The lowest BCUT2D eigenvalue weighted by atomic mass is 9.82. The molecular weight excluding hydrogens is 226 g/mol. The van der Waals surface area contributed by atoms with Gasteiger partial charge in [-0.05, 0) is 24.3 Å². The molecule has 0 spiro atoms. The molecule has 3 N–H and O–H groups in total. The third-order valence-corrected chi connectivity index (χ3v) is 3.07. The van der Waals surface area contributed by atoms with Crippen LogP contribution in [0, 0.1) is 5.92 Å². The molecule has 0 bridgehead atoms. The Morgan fingerprint density at radius 3 is 2.65 bits per heavy atom. The van der Waals surface area contributed by atoms with Gasteiger partial charge in [0.1, 0.15) is 12.2 Å². The first-order valence-electron chi connectivity index (χ1n) is 5.74. The maximum Gasteiger partial charge on any atom is 0.109 e. The Morgan fingerprint density at radius 2 is 2.00 bits per heavy atom. The van der Waals surface area contributed by atoms with Crippen molar-refractivity contribution in [3.63, 3.8) is 0 Å². The number of aliphatic hydroxyl groups excluding tert-OH is 3. The van der Waals surface area contributed by atoms with Crippen LogP contribution in [0.25, 0.3) is 10.4 Å². The molecule has 0 aromatic heterocycles. The first kappa shape index (κ1) is 14.2. The first-order valence-corrected chi connectivity index (χ1v) is 5.74. The fourth-order valence-corrected chi connectivity index (χ4v) is 1.99. The third kappa shape index (κ3) is 3.83. The molecule has 7 nitrogen and oxygen atoms in total. The maximum atomic E-state index is 9.71. The maximum absolute atomic E-state index is 9.71. The highest BCUT2D eigenvalue weighted by Gasteiger charge is 2.41. The lowest BCUT2D eigenvalue weighted by molar-refractivity contribution is -0.170. The van der Waals surface area contributed by atoms with E-state index in [0.717, 1.165) is 0 Å².